The van der Waals surface area contributed by atoms with Gasteiger partial charge >= 0.3 is 0 Å². The lowest BCUT2D eigenvalue weighted by Crippen LogP contribution is -2.08. The van der Waals surface area contributed by atoms with Gasteiger partial charge in [-0.3, -0.25) is 0 Å². The van der Waals surface area contributed by atoms with Gasteiger partial charge in [0.15, 0.2) is 0 Å². The summed E-state index contributed by atoms with van der Waals surface area (Å²) in [6.07, 6.45) is 3.46. The topological polar surface area (TPSA) is 53.6 Å². The van der Waals surface area contributed by atoms with E-state index in [2.05, 4.69) is 27.2 Å². The van der Waals surface area contributed by atoms with Crippen LogP contribution in [0.4, 0.5) is 5.82 Å². The number of nitrogens with zero attached hydrogens (tertiary/aromatic N) is 2. The number of aromatic nitrogens is 3. The Kier molecular flexibility index (Phi) is 2.93. The molecule has 0 bridgehead atoms. The number of hydrogen-bond donors (Lipinski definition) is 2. The highest BCUT2D eigenvalue weighted by Gasteiger charge is 2.13. The minimum absolute atomic E-state index is 0.133. The van der Waals surface area contributed by atoms with Gasteiger partial charge < -0.3 is 10.3 Å². The van der Waals surface area contributed by atoms with Gasteiger partial charge in [-0.05, 0) is 19.1 Å². The third-order valence-electron chi connectivity index (χ3n) is 2.77. The smallest absolute Gasteiger partial charge is 0.140 e. The molecule has 6 heteroatoms. The van der Waals surface area contributed by atoms with Crippen LogP contribution in [0.5, 0.6) is 0 Å². The van der Waals surface area contributed by atoms with Crippen LogP contribution in [0.15, 0.2) is 30.0 Å². The number of hydrogen-bond acceptors (Lipinski definition) is 4. The average molecular weight is 279 g/mol. The summed E-state index contributed by atoms with van der Waals surface area (Å²) in [4.78, 5) is 12.6. The van der Waals surface area contributed by atoms with E-state index in [1.54, 1.807) is 6.33 Å². The Morgan fingerprint density at radius 1 is 1.44 bits per heavy atom. The van der Waals surface area contributed by atoms with Crippen LogP contribution in [0, 0.1) is 0 Å². The molecule has 1 atom stereocenters. The van der Waals surface area contributed by atoms with E-state index >= 15 is 0 Å². The number of H-pyrrole nitrogens is 1. The average Bonchev–Trinajstić information content (AvgIpc) is 3.00. The summed E-state index contributed by atoms with van der Waals surface area (Å²) < 4.78 is 0. The molecular formula is C12H11ClN4S. The first-order valence-electron chi connectivity index (χ1n) is 5.53. The molecule has 92 valence electrons. The molecule has 4 nitrogen and oxygen atoms in total. The van der Waals surface area contributed by atoms with Crippen LogP contribution in [-0.4, -0.2) is 15.0 Å². The van der Waals surface area contributed by atoms with Crippen molar-refractivity contribution in [2.45, 2.75) is 13.0 Å². The predicted octanol–water partition coefficient (Wildman–Crippen LogP) is 3.85. The molecule has 0 aliphatic heterocycles. The lowest BCUT2D eigenvalue weighted by Gasteiger charge is -2.13. The zero-order valence-electron chi connectivity index (χ0n) is 9.64. The van der Waals surface area contributed by atoms with Gasteiger partial charge in [-0.2, -0.15) is 0 Å². The predicted molar refractivity (Wildman–Crippen MR) is 75.3 cm³/mol. The maximum atomic E-state index is 6.17. The van der Waals surface area contributed by atoms with E-state index in [0.717, 1.165) is 21.7 Å². The standard InChI is InChI=1S/C12H11ClN4S/c1-7(9-3-2-4-14-9)17-11-10-8(13)5-18-12(10)16-6-15-11/h2-7,14H,1H3,(H,15,16,17). The number of nitrogens with one attached hydrogen (secondary N) is 2. The molecule has 0 aliphatic carbocycles. The Balaban J connectivity index is 1.97. The molecule has 0 amide bonds. The molecular weight excluding hydrogens is 268 g/mol. The third kappa shape index (κ3) is 1.95. The Morgan fingerprint density at radius 3 is 3.11 bits per heavy atom. The summed E-state index contributed by atoms with van der Waals surface area (Å²) in [5.41, 5.74) is 1.10. The fourth-order valence-corrected chi connectivity index (χ4v) is 2.98. The zero-order valence-corrected chi connectivity index (χ0v) is 11.2. The van der Waals surface area contributed by atoms with E-state index in [4.69, 9.17) is 11.6 Å². The molecule has 2 N–H and O–H groups in total. The van der Waals surface area contributed by atoms with E-state index in [1.807, 2.05) is 23.7 Å². The van der Waals surface area contributed by atoms with E-state index in [-0.39, 0.29) is 6.04 Å². The fourth-order valence-electron chi connectivity index (χ4n) is 1.85. The summed E-state index contributed by atoms with van der Waals surface area (Å²) in [5.74, 6) is 0.772. The van der Waals surface area contributed by atoms with Crippen LogP contribution in [0.1, 0.15) is 18.7 Å². The third-order valence-corrected chi connectivity index (χ3v) is 4.08. The summed E-state index contributed by atoms with van der Waals surface area (Å²) in [5, 5.41) is 6.82. The van der Waals surface area contributed by atoms with Gasteiger partial charge in [0.2, 0.25) is 0 Å². The Labute approximate surface area is 113 Å². The van der Waals surface area contributed by atoms with Gasteiger partial charge in [0.25, 0.3) is 0 Å². The highest BCUT2D eigenvalue weighted by molar-refractivity contribution is 7.17. The molecule has 0 aliphatic rings. The lowest BCUT2D eigenvalue weighted by atomic mass is 10.2. The molecule has 3 heterocycles. The van der Waals surface area contributed by atoms with Crippen molar-refractivity contribution in [1.82, 2.24) is 15.0 Å². The van der Waals surface area contributed by atoms with Crippen LogP contribution in [0.25, 0.3) is 10.2 Å². The Bertz CT molecular complexity index is 662. The number of thiophene rings is 1. The summed E-state index contributed by atoms with van der Waals surface area (Å²) >= 11 is 7.69. The first-order chi connectivity index (χ1) is 8.75. The molecule has 0 spiro atoms. The minimum atomic E-state index is 0.133. The maximum Gasteiger partial charge on any atom is 0.140 e. The number of rotatable bonds is 3. The van der Waals surface area contributed by atoms with Crippen LogP contribution < -0.4 is 5.32 Å². The Hall–Kier alpha value is -1.59. The first-order valence-corrected chi connectivity index (χ1v) is 6.79. The van der Waals surface area contributed by atoms with Crippen molar-refractivity contribution >= 4 is 39.0 Å². The van der Waals surface area contributed by atoms with Gasteiger partial charge in [0, 0.05) is 17.3 Å². The molecule has 3 aromatic rings. The van der Waals surface area contributed by atoms with Gasteiger partial charge in [-0.1, -0.05) is 11.6 Å². The molecule has 0 saturated heterocycles. The Morgan fingerprint density at radius 2 is 2.33 bits per heavy atom. The minimum Gasteiger partial charge on any atom is -0.363 e. The van der Waals surface area contributed by atoms with E-state index in [9.17, 15) is 0 Å². The largest absolute Gasteiger partial charge is 0.363 e. The van der Waals surface area contributed by atoms with Gasteiger partial charge in [-0.15, -0.1) is 11.3 Å². The van der Waals surface area contributed by atoms with E-state index in [1.165, 1.54) is 11.3 Å². The molecule has 18 heavy (non-hydrogen) atoms. The van der Waals surface area contributed by atoms with Crippen molar-refractivity contribution in [2.24, 2.45) is 0 Å². The highest BCUT2D eigenvalue weighted by atomic mass is 35.5. The van der Waals surface area contributed by atoms with Crippen LogP contribution in [0.2, 0.25) is 5.02 Å². The lowest BCUT2D eigenvalue weighted by molar-refractivity contribution is 0.843. The van der Waals surface area contributed by atoms with Crippen molar-refractivity contribution in [2.75, 3.05) is 5.32 Å². The normalized spacial score (nSPS) is 12.8. The van der Waals surface area contributed by atoms with E-state index < -0.39 is 0 Å². The molecule has 0 radical (unpaired) electrons. The quantitative estimate of drug-likeness (QED) is 0.765. The summed E-state index contributed by atoms with van der Waals surface area (Å²) in [7, 11) is 0. The molecule has 1 unspecified atom stereocenters. The van der Waals surface area contributed by atoms with Crippen molar-refractivity contribution in [3.63, 3.8) is 0 Å². The van der Waals surface area contributed by atoms with E-state index in [0.29, 0.717) is 5.02 Å². The number of halogens is 1. The zero-order chi connectivity index (χ0) is 12.5. The second-order valence-electron chi connectivity index (χ2n) is 3.98. The number of anilines is 1. The second-order valence-corrected chi connectivity index (χ2v) is 5.24. The molecule has 0 fully saturated rings. The molecule has 0 aromatic carbocycles. The van der Waals surface area contributed by atoms with Gasteiger partial charge in [-0.25, -0.2) is 9.97 Å². The van der Waals surface area contributed by atoms with Gasteiger partial charge in [0.1, 0.15) is 17.0 Å². The second kappa shape index (κ2) is 4.59. The van der Waals surface area contributed by atoms with Gasteiger partial charge in [0.05, 0.1) is 16.5 Å². The van der Waals surface area contributed by atoms with Crippen LogP contribution in [0.3, 0.4) is 0 Å². The van der Waals surface area contributed by atoms with Crippen molar-refractivity contribution in [3.8, 4) is 0 Å². The van der Waals surface area contributed by atoms with Crippen molar-refractivity contribution < 1.29 is 0 Å². The fraction of sp³-hybridized carbons (Fsp3) is 0.167. The SMILES string of the molecule is CC(Nc1ncnc2scc(Cl)c12)c1ccc[nH]1. The molecule has 3 rings (SSSR count). The van der Waals surface area contributed by atoms with Crippen molar-refractivity contribution in [1.29, 1.82) is 0 Å². The highest BCUT2D eigenvalue weighted by Crippen LogP contribution is 2.33. The number of fused-ring (bicyclic) bond motifs is 1. The van der Waals surface area contributed by atoms with Crippen LogP contribution in [-0.2, 0) is 0 Å². The summed E-state index contributed by atoms with van der Waals surface area (Å²) in [6.45, 7) is 2.07. The number of aromatic amines is 1. The van der Waals surface area contributed by atoms with Crippen LogP contribution >= 0.6 is 22.9 Å². The maximum absolute atomic E-state index is 6.17. The molecule has 0 saturated carbocycles. The molecule has 3 aromatic heterocycles. The monoisotopic (exact) mass is 278 g/mol. The summed E-state index contributed by atoms with van der Waals surface area (Å²) in [6, 6.07) is 4.14. The first kappa shape index (κ1) is 11.5. The van der Waals surface area contributed by atoms with Crippen molar-refractivity contribution in [3.05, 3.63) is 40.8 Å².